The Morgan fingerprint density at radius 1 is 1.60 bits per heavy atom. The molecule has 0 aliphatic carbocycles. The highest BCUT2D eigenvalue weighted by molar-refractivity contribution is 9.10. The van der Waals surface area contributed by atoms with Crippen molar-refractivity contribution in [1.82, 2.24) is 0 Å². The zero-order valence-corrected chi connectivity index (χ0v) is 8.69. The molecule has 0 radical (unpaired) electrons. The van der Waals surface area contributed by atoms with Gasteiger partial charge in [-0.05, 0) is 22.0 Å². The summed E-state index contributed by atoms with van der Waals surface area (Å²) in [4.78, 5) is 20.4. The minimum atomic E-state index is -1.32. The van der Waals surface area contributed by atoms with Crippen LogP contribution < -0.4 is 0 Å². The maximum Gasteiger partial charge on any atom is 0.335 e. The fourth-order valence-electron chi connectivity index (χ4n) is 0.947. The zero-order valence-electron chi connectivity index (χ0n) is 7.10. The minimum absolute atomic E-state index is 0.0139. The number of rotatable bonds is 2. The van der Waals surface area contributed by atoms with E-state index in [0.29, 0.717) is 0 Å². The van der Waals surface area contributed by atoms with Crippen LogP contribution >= 0.6 is 15.9 Å². The monoisotopic (exact) mass is 270 g/mol. The number of nitrogens with zero attached hydrogens (tertiary/aromatic N) is 2. The first-order chi connectivity index (χ1) is 6.97. The Morgan fingerprint density at radius 2 is 2.20 bits per heavy atom. The van der Waals surface area contributed by atoms with Gasteiger partial charge >= 0.3 is 5.97 Å². The highest BCUT2D eigenvalue weighted by atomic mass is 79.9. The van der Waals surface area contributed by atoms with E-state index in [-0.39, 0.29) is 15.6 Å². The van der Waals surface area contributed by atoms with Crippen LogP contribution in [0.5, 0.6) is 0 Å². The number of carboxylic acid groups (broad SMARTS) is 1. The summed E-state index contributed by atoms with van der Waals surface area (Å²) >= 11 is 2.87. The molecule has 0 aliphatic rings. The summed E-state index contributed by atoms with van der Waals surface area (Å²) in [5.74, 6) is -1.32. The molecule has 0 spiro atoms. The number of benzene rings is 1. The van der Waals surface area contributed by atoms with Gasteiger partial charge in [-0.25, -0.2) is 4.79 Å². The summed E-state index contributed by atoms with van der Waals surface area (Å²) in [6, 6.07) is 3.64. The lowest BCUT2D eigenvalue weighted by Gasteiger charge is -2.00. The molecule has 1 aromatic carbocycles. The Balaban J connectivity index is 3.54. The summed E-state index contributed by atoms with van der Waals surface area (Å²) in [7, 11) is 0. The molecule has 1 rings (SSSR count). The Hall–Kier alpha value is -1.94. The van der Waals surface area contributed by atoms with E-state index in [1.165, 1.54) is 0 Å². The van der Waals surface area contributed by atoms with Gasteiger partial charge in [0.15, 0.2) is 0 Å². The molecule has 0 amide bonds. The van der Waals surface area contributed by atoms with Crippen LogP contribution in [0, 0.1) is 21.4 Å². The normalized spacial score (nSPS) is 9.33. The second-order valence-electron chi connectivity index (χ2n) is 2.53. The minimum Gasteiger partial charge on any atom is -0.478 e. The van der Waals surface area contributed by atoms with Crippen LogP contribution in [0.1, 0.15) is 15.9 Å². The van der Waals surface area contributed by atoms with Crippen molar-refractivity contribution >= 4 is 27.6 Å². The molecule has 0 heterocycles. The van der Waals surface area contributed by atoms with E-state index >= 15 is 0 Å². The lowest BCUT2D eigenvalue weighted by Crippen LogP contribution is -2.00. The molecule has 0 fully saturated rings. The third-order valence-electron chi connectivity index (χ3n) is 1.62. The second-order valence-corrected chi connectivity index (χ2v) is 3.32. The van der Waals surface area contributed by atoms with Crippen molar-refractivity contribution in [3.63, 3.8) is 0 Å². The Morgan fingerprint density at radius 3 is 2.60 bits per heavy atom. The number of nitro groups is 1. The number of nitro benzene ring substituents is 1. The number of aromatic carboxylic acids is 1. The molecule has 0 aromatic heterocycles. The van der Waals surface area contributed by atoms with Gasteiger partial charge in [-0.2, -0.15) is 5.26 Å². The van der Waals surface area contributed by atoms with Gasteiger partial charge in [0.2, 0.25) is 0 Å². The predicted molar refractivity (Wildman–Crippen MR) is 52.5 cm³/mol. The number of carboxylic acids is 1. The smallest absolute Gasteiger partial charge is 0.335 e. The summed E-state index contributed by atoms with van der Waals surface area (Å²) in [5.41, 5.74) is -0.811. The Kier molecular flexibility index (Phi) is 3.01. The van der Waals surface area contributed by atoms with Gasteiger partial charge in [0.05, 0.1) is 16.1 Å². The molecule has 15 heavy (non-hydrogen) atoms. The van der Waals surface area contributed by atoms with E-state index < -0.39 is 16.6 Å². The topological polar surface area (TPSA) is 104 Å². The van der Waals surface area contributed by atoms with Crippen LogP contribution in [0.15, 0.2) is 16.6 Å². The van der Waals surface area contributed by atoms with Crippen molar-refractivity contribution in [2.75, 3.05) is 0 Å². The molecule has 6 nitrogen and oxygen atoms in total. The molecule has 0 unspecified atom stereocenters. The average molecular weight is 271 g/mol. The standard InChI is InChI=1S/C8H3BrN2O4/c9-7-5(3-10)1-4(8(12)13)2-6(7)11(14)15/h1-2H,(H,12,13). The number of halogens is 1. The molecule has 0 bridgehead atoms. The maximum atomic E-state index is 10.6. The first-order valence-electron chi connectivity index (χ1n) is 3.58. The van der Waals surface area contributed by atoms with Crippen molar-refractivity contribution in [2.24, 2.45) is 0 Å². The van der Waals surface area contributed by atoms with Gasteiger partial charge in [0.25, 0.3) is 5.69 Å². The SMILES string of the molecule is N#Cc1cc(C(=O)O)cc([N+](=O)[O-])c1Br. The lowest BCUT2D eigenvalue weighted by atomic mass is 10.1. The molecule has 0 saturated carbocycles. The van der Waals surface area contributed by atoms with E-state index in [2.05, 4.69) is 15.9 Å². The summed E-state index contributed by atoms with van der Waals surface area (Å²) < 4.78 is -0.0139. The molecule has 1 N–H and O–H groups in total. The van der Waals surface area contributed by atoms with Crippen LogP contribution in [0.25, 0.3) is 0 Å². The number of carbonyl (C=O) groups is 1. The van der Waals surface area contributed by atoms with Gasteiger partial charge < -0.3 is 5.11 Å². The highest BCUT2D eigenvalue weighted by Crippen LogP contribution is 2.29. The molecule has 0 saturated heterocycles. The lowest BCUT2D eigenvalue weighted by molar-refractivity contribution is -0.385. The molecule has 76 valence electrons. The van der Waals surface area contributed by atoms with Crippen molar-refractivity contribution in [3.05, 3.63) is 37.8 Å². The number of hydrogen-bond acceptors (Lipinski definition) is 4. The summed E-state index contributed by atoms with van der Waals surface area (Å²) in [5, 5.41) is 27.8. The Bertz CT molecular complexity index is 492. The third kappa shape index (κ3) is 2.11. The van der Waals surface area contributed by atoms with Crippen molar-refractivity contribution in [2.45, 2.75) is 0 Å². The average Bonchev–Trinajstić information content (AvgIpc) is 2.17. The van der Waals surface area contributed by atoms with Crippen LogP contribution in [-0.4, -0.2) is 16.0 Å². The number of nitriles is 1. The largest absolute Gasteiger partial charge is 0.478 e. The molecule has 0 aliphatic heterocycles. The maximum absolute atomic E-state index is 10.6. The van der Waals surface area contributed by atoms with E-state index in [4.69, 9.17) is 10.4 Å². The van der Waals surface area contributed by atoms with E-state index in [0.717, 1.165) is 12.1 Å². The van der Waals surface area contributed by atoms with Crippen LogP contribution in [0.4, 0.5) is 5.69 Å². The third-order valence-corrected chi connectivity index (χ3v) is 2.45. The van der Waals surface area contributed by atoms with Gasteiger partial charge in [-0.15, -0.1) is 0 Å². The molecule has 0 atom stereocenters. The zero-order chi connectivity index (χ0) is 11.6. The second kappa shape index (κ2) is 4.06. The van der Waals surface area contributed by atoms with Crippen LogP contribution in [0.2, 0.25) is 0 Å². The van der Waals surface area contributed by atoms with Gasteiger partial charge in [0.1, 0.15) is 10.5 Å². The molecular formula is C8H3BrN2O4. The van der Waals surface area contributed by atoms with Crippen LogP contribution in [0.3, 0.4) is 0 Å². The van der Waals surface area contributed by atoms with Crippen molar-refractivity contribution in [3.8, 4) is 6.07 Å². The van der Waals surface area contributed by atoms with Crippen molar-refractivity contribution in [1.29, 1.82) is 5.26 Å². The van der Waals surface area contributed by atoms with E-state index in [1.54, 1.807) is 6.07 Å². The van der Waals surface area contributed by atoms with E-state index in [9.17, 15) is 14.9 Å². The molecule has 1 aromatic rings. The Labute approximate surface area is 92.0 Å². The first-order valence-corrected chi connectivity index (χ1v) is 4.38. The van der Waals surface area contributed by atoms with E-state index in [1.807, 2.05) is 0 Å². The quantitative estimate of drug-likeness (QED) is 0.653. The molecular weight excluding hydrogens is 268 g/mol. The number of hydrogen-bond donors (Lipinski definition) is 1. The van der Waals surface area contributed by atoms with Crippen molar-refractivity contribution < 1.29 is 14.8 Å². The van der Waals surface area contributed by atoms with Crippen LogP contribution in [-0.2, 0) is 0 Å². The summed E-state index contributed by atoms with van der Waals surface area (Å²) in [6.45, 7) is 0. The molecule has 7 heteroatoms. The predicted octanol–water partition coefficient (Wildman–Crippen LogP) is 1.93. The van der Waals surface area contributed by atoms with Gasteiger partial charge in [-0.3, -0.25) is 10.1 Å². The fraction of sp³-hybridized carbons (Fsp3) is 0. The first kappa shape index (κ1) is 11.1. The fourth-order valence-corrected chi connectivity index (χ4v) is 1.41. The van der Waals surface area contributed by atoms with Gasteiger partial charge in [0, 0.05) is 6.07 Å². The summed E-state index contributed by atoms with van der Waals surface area (Å²) in [6.07, 6.45) is 0. The highest BCUT2D eigenvalue weighted by Gasteiger charge is 2.19. The van der Waals surface area contributed by atoms with Gasteiger partial charge in [-0.1, -0.05) is 0 Å².